The molecule has 0 bridgehead atoms. The molecule has 0 unspecified atom stereocenters. The standard InChI is InChI=1S/C9H20N8O5/c10-8(11)16-14-1-3(15-17-9(12)13)5(20)7(22)6(21)4(19)2-18/h1,4-7,18-22H,2H2,(H4,10,11,16)(H4,12,13,17)/b14-1+,15-3-/t4-,5+,6-,7+/m0/s1. The van der Waals surface area contributed by atoms with Gasteiger partial charge in [-0.05, 0) is 0 Å². The number of nitrogens with zero attached hydrogens (tertiary/aromatic N) is 4. The van der Waals surface area contributed by atoms with Crippen LogP contribution in [0.15, 0.2) is 20.4 Å². The van der Waals surface area contributed by atoms with E-state index in [1.54, 1.807) is 0 Å². The van der Waals surface area contributed by atoms with Crippen LogP contribution in [0, 0.1) is 0 Å². The fourth-order valence-electron chi connectivity index (χ4n) is 1.13. The largest absolute Gasteiger partial charge is 0.394 e. The molecular weight excluding hydrogens is 300 g/mol. The predicted octanol–water partition coefficient (Wildman–Crippen LogP) is -5.69. The lowest BCUT2D eigenvalue weighted by molar-refractivity contribution is -0.100. The molecule has 0 radical (unpaired) electrons. The molecule has 0 aromatic heterocycles. The molecule has 0 aromatic rings. The number of hydrogen-bond donors (Lipinski definition) is 9. The van der Waals surface area contributed by atoms with Crippen molar-refractivity contribution in [1.82, 2.24) is 0 Å². The first-order valence-corrected chi connectivity index (χ1v) is 5.82. The van der Waals surface area contributed by atoms with Crippen LogP contribution in [-0.2, 0) is 0 Å². The topological polar surface area (TPSA) is 255 Å². The molecule has 0 saturated heterocycles. The summed E-state index contributed by atoms with van der Waals surface area (Å²) in [5.74, 6) is -0.839. The summed E-state index contributed by atoms with van der Waals surface area (Å²) in [6.07, 6.45) is -6.54. The SMILES string of the molecule is NC(N)=N/N=C(/C=N/N=C(N)N)[C@@H](O)[C@@H](O)[C@@H](O)[C@@H](O)CO. The molecule has 0 aromatic carbocycles. The zero-order chi connectivity index (χ0) is 17.3. The Balaban J connectivity index is 5.32. The second kappa shape index (κ2) is 9.59. The van der Waals surface area contributed by atoms with Crippen LogP contribution < -0.4 is 22.9 Å². The van der Waals surface area contributed by atoms with E-state index in [0.717, 1.165) is 6.21 Å². The van der Waals surface area contributed by atoms with Crippen molar-refractivity contribution in [3.8, 4) is 0 Å². The van der Waals surface area contributed by atoms with Crippen molar-refractivity contribution in [2.45, 2.75) is 24.4 Å². The van der Waals surface area contributed by atoms with Crippen molar-refractivity contribution in [2.24, 2.45) is 43.3 Å². The van der Waals surface area contributed by atoms with Gasteiger partial charge in [0.15, 0.2) is 0 Å². The van der Waals surface area contributed by atoms with Crippen LogP contribution in [0.2, 0.25) is 0 Å². The summed E-state index contributed by atoms with van der Waals surface area (Å²) in [4.78, 5) is 0. The summed E-state index contributed by atoms with van der Waals surface area (Å²) in [5.41, 5.74) is 19.8. The van der Waals surface area contributed by atoms with Crippen LogP contribution in [0.4, 0.5) is 0 Å². The lowest BCUT2D eigenvalue weighted by Crippen LogP contribution is -2.49. The first kappa shape index (κ1) is 19.7. The Kier molecular flexibility index (Phi) is 8.58. The van der Waals surface area contributed by atoms with E-state index in [1.165, 1.54) is 0 Å². The number of nitrogens with two attached hydrogens (primary N) is 4. The zero-order valence-corrected chi connectivity index (χ0v) is 11.4. The maximum Gasteiger partial charge on any atom is 0.211 e. The van der Waals surface area contributed by atoms with Gasteiger partial charge < -0.3 is 48.5 Å². The number of guanidine groups is 2. The van der Waals surface area contributed by atoms with Gasteiger partial charge in [-0.2, -0.15) is 5.10 Å². The van der Waals surface area contributed by atoms with Crippen molar-refractivity contribution >= 4 is 23.8 Å². The number of rotatable bonds is 8. The van der Waals surface area contributed by atoms with Gasteiger partial charge in [0.2, 0.25) is 11.9 Å². The molecule has 0 spiro atoms. The van der Waals surface area contributed by atoms with Crippen molar-refractivity contribution in [3.63, 3.8) is 0 Å². The summed E-state index contributed by atoms with van der Waals surface area (Å²) in [6.45, 7) is -0.840. The van der Waals surface area contributed by atoms with Gasteiger partial charge in [-0.1, -0.05) is 0 Å². The number of hydrogen-bond acceptors (Lipinski definition) is 9. The van der Waals surface area contributed by atoms with Gasteiger partial charge >= 0.3 is 0 Å². The van der Waals surface area contributed by atoms with Crippen LogP contribution in [0.1, 0.15) is 0 Å². The van der Waals surface area contributed by atoms with Gasteiger partial charge in [0.05, 0.1) is 12.8 Å². The smallest absolute Gasteiger partial charge is 0.211 e. The molecule has 22 heavy (non-hydrogen) atoms. The minimum atomic E-state index is -1.93. The van der Waals surface area contributed by atoms with Crippen molar-refractivity contribution in [2.75, 3.05) is 6.61 Å². The molecule has 13 heteroatoms. The monoisotopic (exact) mass is 320 g/mol. The van der Waals surface area contributed by atoms with Gasteiger partial charge in [-0.3, -0.25) is 0 Å². The molecule has 0 aliphatic rings. The van der Waals surface area contributed by atoms with Crippen molar-refractivity contribution in [3.05, 3.63) is 0 Å². The molecule has 0 heterocycles. The van der Waals surface area contributed by atoms with E-state index < -0.39 is 42.7 Å². The maximum atomic E-state index is 9.88. The first-order chi connectivity index (χ1) is 10.2. The lowest BCUT2D eigenvalue weighted by Gasteiger charge is -2.25. The van der Waals surface area contributed by atoms with E-state index in [9.17, 15) is 20.4 Å². The average molecular weight is 320 g/mol. The van der Waals surface area contributed by atoms with Crippen LogP contribution in [0.5, 0.6) is 0 Å². The molecular formula is C9H20N8O5. The molecule has 0 fully saturated rings. The third kappa shape index (κ3) is 6.91. The molecule has 13 N–H and O–H groups in total. The van der Waals surface area contributed by atoms with E-state index in [-0.39, 0.29) is 5.96 Å². The highest BCUT2D eigenvalue weighted by molar-refractivity contribution is 6.32. The highest BCUT2D eigenvalue weighted by atomic mass is 16.4. The summed E-state index contributed by atoms with van der Waals surface area (Å²) < 4.78 is 0. The van der Waals surface area contributed by atoms with E-state index in [2.05, 4.69) is 20.4 Å². The average Bonchev–Trinajstić information content (AvgIpc) is 2.46. The Morgan fingerprint density at radius 1 is 0.864 bits per heavy atom. The van der Waals surface area contributed by atoms with Crippen molar-refractivity contribution in [1.29, 1.82) is 0 Å². The molecule has 0 amide bonds. The first-order valence-electron chi connectivity index (χ1n) is 5.82. The normalized spacial score (nSPS) is 17.6. The highest BCUT2D eigenvalue weighted by Crippen LogP contribution is 2.06. The Hall–Kier alpha value is -2.32. The number of aliphatic hydroxyl groups excluding tert-OH is 5. The van der Waals surface area contributed by atoms with Gasteiger partial charge in [-0.15, -0.1) is 15.3 Å². The van der Waals surface area contributed by atoms with E-state index >= 15 is 0 Å². The van der Waals surface area contributed by atoms with Crippen molar-refractivity contribution < 1.29 is 25.5 Å². The van der Waals surface area contributed by atoms with Crippen LogP contribution in [-0.4, -0.2) is 80.4 Å². The zero-order valence-electron chi connectivity index (χ0n) is 11.4. The second-order valence-corrected chi connectivity index (χ2v) is 4.00. The molecule has 0 aliphatic heterocycles. The van der Waals surface area contributed by atoms with Crippen LogP contribution in [0.3, 0.4) is 0 Å². The summed E-state index contributed by atoms with van der Waals surface area (Å²) in [5, 5.41) is 60.3. The highest BCUT2D eigenvalue weighted by Gasteiger charge is 2.32. The molecule has 13 nitrogen and oxygen atoms in total. The molecule has 0 rings (SSSR count). The Morgan fingerprint density at radius 3 is 1.86 bits per heavy atom. The molecule has 0 saturated carbocycles. The molecule has 4 atom stereocenters. The Labute approximate surface area is 125 Å². The fraction of sp³-hybridized carbons (Fsp3) is 0.556. The minimum Gasteiger partial charge on any atom is -0.394 e. The van der Waals surface area contributed by atoms with Gasteiger partial charge in [0.1, 0.15) is 30.1 Å². The minimum absolute atomic E-state index is 0.386. The fourth-order valence-corrected chi connectivity index (χ4v) is 1.13. The predicted molar refractivity (Wildman–Crippen MR) is 78.7 cm³/mol. The third-order valence-electron chi connectivity index (χ3n) is 2.20. The lowest BCUT2D eigenvalue weighted by atomic mass is 10.0. The molecule has 0 aliphatic carbocycles. The molecule has 126 valence electrons. The van der Waals surface area contributed by atoms with Gasteiger partial charge in [0.25, 0.3) is 0 Å². The van der Waals surface area contributed by atoms with E-state index in [1.807, 2.05) is 0 Å². The Bertz CT molecular complexity index is 457. The quantitative estimate of drug-likeness (QED) is 0.117. The second-order valence-electron chi connectivity index (χ2n) is 4.00. The number of aliphatic hydroxyl groups is 5. The van der Waals surface area contributed by atoms with Gasteiger partial charge in [-0.25, -0.2) is 0 Å². The van der Waals surface area contributed by atoms with Crippen LogP contribution in [0.25, 0.3) is 0 Å². The summed E-state index contributed by atoms with van der Waals surface area (Å²) in [6, 6.07) is 0. The van der Waals surface area contributed by atoms with Gasteiger partial charge in [0, 0.05) is 0 Å². The Morgan fingerprint density at radius 2 is 1.41 bits per heavy atom. The maximum absolute atomic E-state index is 9.88. The summed E-state index contributed by atoms with van der Waals surface area (Å²) >= 11 is 0. The van der Waals surface area contributed by atoms with E-state index in [0.29, 0.717) is 0 Å². The summed E-state index contributed by atoms with van der Waals surface area (Å²) in [7, 11) is 0. The third-order valence-corrected chi connectivity index (χ3v) is 2.20. The van der Waals surface area contributed by atoms with E-state index in [4.69, 9.17) is 28.0 Å². The van der Waals surface area contributed by atoms with Crippen LogP contribution >= 0.6 is 0 Å².